The molecule has 0 atom stereocenters. The maximum atomic E-state index is 6.19. The third-order valence-electron chi connectivity index (χ3n) is 3.61. The van der Waals surface area contributed by atoms with E-state index >= 15 is 0 Å². The molecular formula is C17H14ClN5O2. The van der Waals surface area contributed by atoms with Crippen molar-refractivity contribution in [3.63, 3.8) is 0 Å². The highest BCUT2D eigenvalue weighted by atomic mass is 35.5. The van der Waals surface area contributed by atoms with Gasteiger partial charge in [0, 0.05) is 22.5 Å². The monoisotopic (exact) mass is 355 g/mol. The molecule has 25 heavy (non-hydrogen) atoms. The molecule has 0 radical (unpaired) electrons. The number of nitrogens with one attached hydrogen (secondary N) is 2. The Bertz CT molecular complexity index is 935. The number of rotatable bonds is 4. The zero-order valence-corrected chi connectivity index (χ0v) is 13.7. The second-order valence-corrected chi connectivity index (χ2v) is 5.75. The summed E-state index contributed by atoms with van der Waals surface area (Å²) in [5.74, 6) is 2.36. The smallest absolute Gasteiger partial charge is 0.231 e. The van der Waals surface area contributed by atoms with Crippen molar-refractivity contribution in [3.05, 3.63) is 53.8 Å². The number of hydrogen-bond acceptors (Lipinski definition) is 7. The zero-order chi connectivity index (χ0) is 17.2. The molecule has 2 aromatic carbocycles. The number of halogens is 1. The Morgan fingerprint density at radius 1 is 0.920 bits per heavy atom. The molecule has 0 bridgehead atoms. The summed E-state index contributed by atoms with van der Waals surface area (Å²) in [6.07, 6.45) is 1.43. The van der Waals surface area contributed by atoms with Gasteiger partial charge in [0.05, 0.1) is 0 Å². The molecule has 0 spiro atoms. The fraction of sp³-hybridized carbons (Fsp3) is 0.0588. The molecule has 0 saturated heterocycles. The molecule has 4 N–H and O–H groups in total. The van der Waals surface area contributed by atoms with Gasteiger partial charge in [-0.1, -0.05) is 17.7 Å². The van der Waals surface area contributed by atoms with Crippen LogP contribution in [-0.4, -0.2) is 16.8 Å². The van der Waals surface area contributed by atoms with E-state index in [-0.39, 0.29) is 6.79 Å². The highest BCUT2D eigenvalue weighted by Crippen LogP contribution is 2.36. The number of ether oxygens (including phenoxy) is 2. The minimum absolute atomic E-state index is 0.224. The van der Waals surface area contributed by atoms with Gasteiger partial charge in [-0.3, -0.25) is 0 Å². The van der Waals surface area contributed by atoms with Gasteiger partial charge in [-0.2, -0.15) is 0 Å². The largest absolute Gasteiger partial charge is 0.454 e. The van der Waals surface area contributed by atoms with Gasteiger partial charge in [0.15, 0.2) is 23.1 Å². The lowest BCUT2D eigenvalue weighted by molar-refractivity contribution is 0.174. The van der Waals surface area contributed by atoms with Crippen molar-refractivity contribution in [3.8, 4) is 11.5 Å². The van der Waals surface area contributed by atoms with Gasteiger partial charge in [-0.25, -0.2) is 9.97 Å². The Hall–Kier alpha value is -3.19. The van der Waals surface area contributed by atoms with E-state index in [0.29, 0.717) is 33.8 Å². The van der Waals surface area contributed by atoms with Gasteiger partial charge < -0.3 is 25.8 Å². The number of benzene rings is 2. The first-order valence-corrected chi connectivity index (χ1v) is 7.86. The van der Waals surface area contributed by atoms with Gasteiger partial charge in [0.1, 0.15) is 12.0 Å². The molecule has 0 amide bonds. The standard InChI is InChI=1S/C17H14ClN5O2/c18-10-2-1-3-11(6-10)22-16-15(19)17(21-8-20-16)23-12-4-5-13-14(7-12)25-9-24-13/h1-8H,9,19H2,(H2,20,21,22,23). The number of fused-ring (bicyclic) bond motifs is 1. The molecular weight excluding hydrogens is 342 g/mol. The van der Waals surface area contributed by atoms with Crippen LogP contribution in [0.4, 0.5) is 28.7 Å². The van der Waals surface area contributed by atoms with Crippen LogP contribution in [0.1, 0.15) is 0 Å². The first-order chi connectivity index (χ1) is 12.2. The fourth-order valence-corrected chi connectivity index (χ4v) is 2.60. The van der Waals surface area contributed by atoms with Gasteiger partial charge >= 0.3 is 0 Å². The summed E-state index contributed by atoms with van der Waals surface area (Å²) in [7, 11) is 0. The van der Waals surface area contributed by atoms with E-state index in [1.54, 1.807) is 12.1 Å². The third kappa shape index (κ3) is 3.22. The number of anilines is 5. The van der Waals surface area contributed by atoms with E-state index in [9.17, 15) is 0 Å². The van der Waals surface area contributed by atoms with Crippen LogP contribution in [0.2, 0.25) is 5.02 Å². The summed E-state index contributed by atoms with van der Waals surface area (Å²) in [6, 6.07) is 12.8. The van der Waals surface area contributed by atoms with Crippen LogP contribution in [0.25, 0.3) is 0 Å². The van der Waals surface area contributed by atoms with E-state index in [0.717, 1.165) is 11.4 Å². The Morgan fingerprint density at radius 2 is 1.64 bits per heavy atom. The quantitative estimate of drug-likeness (QED) is 0.652. The summed E-state index contributed by atoms with van der Waals surface area (Å²) in [4.78, 5) is 8.39. The molecule has 1 aromatic heterocycles. The number of nitrogen functional groups attached to an aromatic ring is 1. The normalized spacial score (nSPS) is 12.0. The van der Waals surface area contributed by atoms with Crippen molar-refractivity contribution < 1.29 is 9.47 Å². The van der Waals surface area contributed by atoms with Crippen LogP contribution in [0, 0.1) is 0 Å². The topological polar surface area (TPSA) is 94.3 Å². The predicted molar refractivity (Wildman–Crippen MR) is 97.0 cm³/mol. The van der Waals surface area contributed by atoms with Crippen molar-refractivity contribution in [2.24, 2.45) is 0 Å². The van der Waals surface area contributed by atoms with Crippen molar-refractivity contribution >= 4 is 40.3 Å². The van der Waals surface area contributed by atoms with Crippen LogP contribution in [0.5, 0.6) is 11.5 Å². The lowest BCUT2D eigenvalue weighted by Crippen LogP contribution is -2.05. The molecule has 0 aliphatic carbocycles. The summed E-state index contributed by atoms with van der Waals surface area (Å²) in [5, 5.41) is 6.92. The molecule has 7 nitrogen and oxygen atoms in total. The van der Waals surface area contributed by atoms with Crippen molar-refractivity contribution in [1.29, 1.82) is 0 Å². The fourth-order valence-electron chi connectivity index (χ4n) is 2.41. The van der Waals surface area contributed by atoms with Gasteiger partial charge in [0.2, 0.25) is 6.79 Å². The molecule has 1 aliphatic rings. The number of hydrogen-bond donors (Lipinski definition) is 3. The summed E-state index contributed by atoms with van der Waals surface area (Å²) in [5.41, 5.74) is 8.15. The van der Waals surface area contributed by atoms with Gasteiger partial charge in [-0.15, -0.1) is 0 Å². The average Bonchev–Trinajstić information content (AvgIpc) is 3.06. The van der Waals surface area contributed by atoms with Crippen molar-refractivity contribution in [1.82, 2.24) is 9.97 Å². The number of aromatic nitrogens is 2. The Labute approximate surface area is 148 Å². The van der Waals surface area contributed by atoms with E-state index in [4.69, 9.17) is 26.8 Å². The second-order valence-electron chi connectivity index (χ2n) is 5.31. The zero-order valence-electron chi connectivity index (χ0n) is 13.0. The van der Waals surface area contributed by atoms with Crippen molar-refractivity contribution in [2.75, 3.05) is 23.2 Å². The number of nitrogens with zero attached hydrogens (tertiary/aromatic N) is 2. The molecule has 4 rings (SSSR count). The molecule has 126 valence electrons. The maximum absolute atomic E-state index is 6.19. The van der Waals surface area contributed by atoms with E-state index in [2.05, 4.69) is 20.6 Å². The van der Waals surface area contributed by atoms with Crippen LogP contribution >= 0.6 is 11.6 Å². The molecule has 0 unspecified atom stereocenters. The maximum Gasteiger partial charge on any atom is 0.231 e. The lowest BCUT2D eigenvalue weighted by Gasteiger charge is -2.13. The van der Waals surface area contributed by atoms with E-state index in [1.165, 1.54) is 6.33 Å². The van der Waals surface area contributed by atoms with Crippen LogP contribution in [-0.2, 0) is 0 Å². The molecule has 3 aromatic rings. The van der Waals surface area contributed by atoms with Crippen LogP contribution in [0.3, 0.4) is 0 Å². The molecule has 1 aliphatic heterocycles. The minimum Gasteiger partial charge on any atom is -0.454 e. The molecule has 8 heteroatoms. The SMILES string of the molecule is Nc1c(Nc2cccc(Cl)c2)ncnc1Nc1ccc2c(c1)OCO2. The van der Waals surface area contributed by atoms with Gasteiger partial charge in [-0.05, 0) is 30.3 Å². The van der Waals surface area contributed by atoms with E-state index in [1.807, 2.05) is 30.3 Å². The predicted octanol–water partition coefficient (Wildman–Crippen LogP) is 3.93. The lowest BCUT2D eigenvalue weighted by atomic mass is 10.2. The third-order valence-corrected chi connectivity index (χ3v) is 3.84. The summed E-state index contributed by atoms with van der Waals surface area (Å²) in [6.45, 7) is 0.224. The van der Waals surface area contributed by atoms with Crippen LogP contribution < -0.4 is 25.8 Å². The van der Waals surface area contributed by atoms with Gasteiger partial charge in [0.25, 0.3) is 0 Å². The highest BCUT2D eigenvalue weighted by Gasteiger charge is 2.14. The summed E-state index contributed by atoms with van der Waals surface area (Å²) >= 11 is 6.00. The summed E-state index contributed by atoms with van der Waals surface area (Å²) < 4.78 is 10.7. The number of nitrogens with two attached hydrogens (primary N) is 1. The first kappa shape index (κ1) is 15.3. The van der Waals surface area contributed by atoms with E-state index < -0.39 is 0 Å². The molecule has 2 heterocycles. The van der Waals surface area contributed by atoms with Crippen molar-refractivity contribution in [2.45, 2.75) is 0 Å². The average molecular weight is 356 g/mol. The molecule has 0 fully saturated rings. The Morgan fingerprint density at radius 3 is 2.40 bits per heavy atom. The second kappa shape index (κ2) is 6.37. The van der Waals surface area contributed by atoms with Crippen LogP contribution in [0.15, 0.2) is 48.8 Å². The Kier molecular flexibility index (Phi) is 3.91. The Balaban J connectivity index is 1.58. The minimum atomic E-state index is 0.224. The first-order valence-electron chi connectivity index (χ1n) is 7.49. The molecule has 0 saturated carbocycles. The highest BCUT2D eigenvalue weighted by molar-refractivity contribution is 6.30.